The second-order valence-corrected chi connectivity index (χ2v) is 5.12. The van der Waals surface area contributed by atoms with E-state index in [1.807, 2.05) is 0 Å². The third kappa shape index (κ3) is 7.31. The molecule has 112 valence electrons. The van der Waals surface area contributed by atoms with Gasteiger partial charge in [0.25, 0.3) is 0 Å². The Morgan fingerprint density at radius 1 is 1.10 bits per heavy atom. The Morgan fingerprint density at radius 2 is 1.80 bits per heavy atom. The zero-order valence-corrected chi connectivity index (χ0v) is 13.4. The molecule has 9 heteroatoms. The van der Waals surface area contributed by atoms with Crippen LogP contribution < -0.4 is 21.6 Å². The number of nitrogens with zero attached hydrogens (tertiary/aromatic N) is 3. The van der Waals surface area contributed by atoms with Crippen molar-refractivity contribution < 1.29 is 0 Å². The number of hydrogen-bond acceptors (Lipinski definition) is 5. The van der Waals surface area contributed by atoms with Crippen LogP contribution in [-0.4, -0.2) is 47.3 Å². The molecule has 0 bridgehead atoms. The molecule has 1 aliphatic rings. The standard InChI is InChI=1S/C11H21N7S2/c1-9(14-16-10(19)12-2)8-13-15-11(20)17-18-6-4-3-5-7-18/h8H,3-7H2,1-2H3,(H2,12,16,19)(H2,15,17,20)/b13-8+,14-9+. The smallest absolute Gasteiger partial charge is 0.201 e. The van der Waals surface area contributed by atoms with Crippen LogP contribution in [0.25, 0.3) is 0 Å². The van der Waals surface area contributed by atoms with Gasteiger partial charge in [-0.25, -0.2) is 5.01 Å². The fraction of sp³-hybridized carbons (Fsp3) is 0.636. The van der Waals surface area contributed by atoms with Crippen LogP contribution in [0.5, 0.6) is 0 Å². The van der Waals surface area contributed by atoms with Crippen molar-refractivity contribution >= 4 is 46.6 Å². The highest BCUT2D eigenvalue weighted by molar-refractivity contribution is 7.80. The zero-order valence-electron chi connectivity index (χ0n) is 11.8. The van der Waals surface area contributed by atoms with Crippen LogP contribution >= 0.6 is 24.4 Å². The van der Waals surface area contributed by atoms with Gasteiger partial charge in [0.05, 0.1) is 11.9 Å². The topological polar surface area (TPSA) is 76.1 Å². The molecule has 4 N–H and O–H groups in total. The third-order valence-corrected chi connectivity index (χ3v) is 3.07. The molecule has 1 rings (SSSR count). The van der Waals surface area contributed by atoms with Crippen LogP contribution in [0.3, 0.4) is 0 Å². The Balaban J connectivity index is 2.25. The minimum absolute atomic E-state index is 0.452. The van der Waals surface area contributed by atoms with Crippen molar-refractivity contribution in [1.29, 1.82) is 0 Å². The monoisotopic (exact) mass is 315 g/mol. The van der Waals surface area contributed by atoms with Crippen LogP contribution in [0.2, 0.25) is 0 Å². The average Bonchev–Trinajstić information content (AvgIpc) is 2.45. The van der Waals surface area contributed by atoms with Crippen LogP contribution in [0.15, 0.2) is 10.2 Å². The van der Waals surface area contributed by atoms with Gasteiger partial charge in [-0.2, -0.15) is 10.2 Å². The molecule has 0 saturated carbocycles. The van der Waals surface area contributed by atoms with Gasteiger partial charge < -0.3 is 5.32 Å². The maximum Gasteiger partial charge on any atom is 0.201 e. The first-order valence-electron chi connectivity index (χ1n) is 6.48. The number of hydrogen-bond donors (Lipinski definition) is 4. The highest BCUT2D eigenvalue weighted by atomic mass is 32.1. The van der Waals surface area contributed by atoms with E-state index < -0.39 is 0 Å². The SMILES string of the molecule is CNC(=S)N/N=C(C)/C=N/NC(=S)NN1CCCCC1. The maximum atomic E-state index is 5.15. The Labute approximate surface area is 130 Å². The first-order valence-corrected chi connectivity index (χ1v) is 7.30. The molecule has 0 unspecified atom stereocenters. The highest BCUT2D eigenvalue weighted by Crippen LogP contribution is 2.05. The van der Waals surface area contributed by atoms with E-state index in [0.717, 1.165) is 13.1 Å². The minimum Gasteiger partial charge on any atom is -0.364 e. The van der Waals surface area contributed by atoms with Gasteiger partial charge >= 0.3 is 0 Å². The number of rotatable bonds is 4. The van der Waals surface area contributed by atoms with Crippen molar-refractivity contribution in [2.24, 2.45) is 10.2 Å². The molecule has 1 fully saturated rings. The molecule has 1 aliphatic heterocycles. The summed E-state index contributed by atoms with van der Waals surface area (Å²) in [5.41, 5.74) is 9.20. The van der Waals surface area contributed by atoms with E-state index in [1.165, 1.54) is 19.3 Å². The van der Waals surface area contributed by atoms with Gasteiger partial charge in [-0.3, -0.25) is 16.3 Å². The van der Waals surface area contributed by atoms with Gasteiger partial charge in [0.2, 0.25) is 5.11 Å². The normalized spacial score (nSPS) is 16.8. The summed E-state index contributed by atoms with van der Waals surface area (Å²) in [5, 5.41) is 13.8. The lowest BCUT2D eigenvalue weighted by Gasteiger charge is -2.27. The van der Waals surface area contributed by atoms with E-state index in [-0.39, 0.29) is 0 Å². The van der Waals surface area contributed by atoms with Crippen molar-refractivity contribution in [3.05, 3.63) is 0 Å². The zero-order chi connectivity index (χ0) is 14.8. The molecule has 0 aliphatic carbocycles. The summed E-state index contributed by atoms with van der Waals surface area (Å²) in [6.07, 6.45) is 5.24. The second kappa shape index (κ2) is 9.56. The van der Waals surface area contributed by atoms with Crippen LogP contribution in [0, 0.1) is 0 Å². The molecule has 0 aromatic rings. The van der Waals surface area contributed by atoms with E-state index in [0.29, 0.717) is 15.9 Å². The summed E-state index contributed by atoms with van der Waals surface area (Å²) in [6.45, 7) is 3.83. The summed E-state index contributed by atoms with van der Waals surface area (Å²) in [7, 11) is 1.72. The van der Waals surface area contributed by atoms with Gasteiger partial charge in [0.1, 0.15) is 0 Å². The molecule has 0 amide bonds. The van der Waals surface area contributed by atoms with Gasteiger partial charge in [0, 0.05) is 20.1 Å². The number of thiocarbonyl (C=S) groups is 2. The van der Waals surface area contributed by atoms with E-state index in [1.54, 1.807) is 20.2 Å². The Hall–Kier alpha value is -1.32. The van der Waals surface area contributed by atoms with Gasteiger partial charge in [-0.1, -0.05) is 6.42 Å². The summed E-state index contributed by atoms with van der Waals surface area (Å²) < 4.78 is 0. The first kappa shape index (κ1) is 16.7. The first-order chi connectivity index (χ1) is 9.61. The van der Waals surface area contributed by atoms with Gasteiger partial charge in [0.15, 0.2) is 5.11 Å². The Morgan fingerprint density at radius 3 is 2.45 bits per heavy atom. The van der Waals surface area contributed by atoms with Crippen molar-refractivity contribution in [2.75, 3.05) is 20.1 Å². The van der Waals surface area contributed by atoms with Crippen molar-refractivity contribution in [3.63, 3.8) is 0 Å². The number of hydrazone groups is 2. The van der Waals surface area contributed by atoms with Gasteiger partial charge in [-0.15, -0.1) is 0 Å². The average molecular weight is 315 g/mol. The Kier molecular flexibility index (Phi) is 8.00. The number of nitrogens with one attached hydrogen (secondary N) is 4. The molecule has 7 nitrogen and oxygen atoms in total. The third-order valence-electron chi connectivity index (χ3n) is 2.59. The minimum atomic E-state index is 0.452. The quantitative estimate of drug-likeness (QED) is 0.338. The predicted molar refractivity (Wildman–Crippen MR) is 90.7 cm³/mol. The van der Waals surface area contributed by atoms with Crippen LogP contribution in [0.4, 0.5) is 0 Å². The van der Waals surface area contributed by atoms with Crippen molar-refractivity contribution in [3.8, 4) is 0 Å². The lowest BCUT2D eigenvalue weighted by Crippen LogP contribution is -2.48. The van der Waals surface area contributed by atoms with Crippen LogP contribution in [-0.2, 0) is 0 Å². The molecule has 0 atom stereocenters. The molecule has 0 aromatic heterocycles. The van der Waals surface area contributed by atoms with Crippen molar-refractivity contribution in [2.45, 2.75) is 26.2 Å². The fourth-order valence-electron chi connectivity index (χ4n) is 1.58. The maximum absolute atomic E-state index is 5.15. The van der Waals surface area contributed by atoms with Gasteiger partial charge in [-0.05, 0) is 44.2 Å². The summed E-state index contributed by atoms with van der Waals surface area (Å²) in [5.74, 6) is 0. The lowest BCUT2D eigenvalue weighted by atomic mass is 10.2. The van der Waals surface area contributed by atoms with E-state index >= 15 is 0 Å². The van der Waals surface area contributed by atoms with E-state index in [4.69, 9.17) is 24.4 Å². The molecular weight excluding hydrogens is 294 g/mol. The molecule has 0 aromatic carbocycles. The fourth-order valence-corrected chi connectivity index (χ4v) is 1.81. The van der Waals surface area contributed by atoms with Crippen LogP contribution in [0.1, 0.15) is 26.2 Å². The lowest BCUT2D eigenvalue weighted by molar-refractivity contribution is 0.194. The summed E-state index contributed by atoms with van der Waals surface area (Å²) in [6, 6.07) is 0. The Bertz CT molecular complexity index is 388. The molecule has 0 radical (unpaired) electrons. The molecule has 1 saturated heterocycles. The van der Waals surface area contributed by atoms with E-state index in [9.17, 15) is 0 Å². The predicted octanol–water partition coefficient (Wildman–Crippen LogP) is 0.307. The number of hydrazine groups is 1. The molecule has 1 heterocycles. The molecular formula is C11H21N7S2. The highest BCUT2D eigenvalue weighted by Gasteiger charge is 2.09. The molecule has 20 heavy (non-hydrogen) atoms. The van der Waals surface area contributed by atoms with E-state index in [2.05, 4.69) is 36.8 Å². The number of piperidine rings is 1. The van der Waals surface area contributed by atoms with Crippen molar-refractivity contribution in [1.82, 2.24) is 26.6 Å². The second-order valence-electron chi connectivity index (χ2n) is 4.30. The largest absolute Gasteiger partial charge is 0.364 e. The molecule has 0 spiro atoms. The summed E-state index contributed by atoms with van der Waals surface area (Å²) in [4.78, 5) is 0. The summed E-state index contributed by atoms with van der Waals surface area (Å²) >= 11 is 10.0.